The molecule has 48 nitrogen and oxygen atoms in total. The number of carboxylic acids is 1. The molecule has 20 unspecified atom stereocenters. The van der Waals surface area contributed by atoms with E-state index in [-0.39, 0.29) is 89.5 Å². The average Bonchev–Trinajstić information content (AvgIpc) is 0.853. The molecule has 0 aromatic heterocycles. The molecule has 20 amide bonds. The van der Waals surface area contributed by atoms with E-state index in [2.05, 4.69) is 106 Å². The predicted octanol–water partition coefficient (Wildman–Crippen LogP) is -6.77. The van der Waals surface area contributed by atoms with E-state index in [1.807, 2.05) is 0 Å². The Morgan fingerprint density at radius 1 is 0.270 bits per heavy atom. The summed E-state index contributed by atoms with van der Waals surface area (Å²) in [6.45, 7) is 24.4. The van der Waals surface area contributed by atoms with Crippen molar-refractivity contribution in [2.45, 2.75) is 336 Å². The number of amides is 20. The Kier molecular flexibility index (Phi) is 62.6. The smallest absolute Gasteiger partial charge is 0.326 e. The third kappa shape index (κ3) is 49.7. The molecular weight excluding hydrogens is 1810 g/mol. The number of nitrogens with one attached hydrogen (secondary N) is 20. The summed E-state index contributed by atoms with van der Waals surface area (Å²) in [5.74, 6) is -19.4. The van der Waals surface area contributed by atoms with E-state index in [0.29, 0.717) is 70.0 Å². The topological polar surface area (TPSA) is 770 Å². The molecule has 0 aromatic rings. The molecule has 0 heterocycles. The van der Waals surface area contributed by atoms with Crippen LogP contribution in [0.15, 0.2) is 0 Å². The van der Waals surface area contributed by atoms with Gasteiger partial charge >= 0.3 is 5.97 Å². The van der Waals surface area contributed by atoms with Crippen LogP contribution < -0.4 is 135 Å². The van der Waals surface area contributed by atoms with Crippen molar-refractivity contribution in [1.29, 1.82) is 0 Å². The molecule has 782 valence electrons. The molecule has 20 atom stereocenters. The number of carboxylic acid groups (broad SMARTS) is 1. The number of carbonyl (C=O) groups excluding carboxylic acids is 20. The molecule has 0 bridgehead atoms. The SMILES string of the molecule is CCC(C)C(NC(=O)C(C)NC(=O)CNC(=O)C(C)NC(=O)C(CCCCN)NC(=O)C(CO)NC(=O)C(C)NC(=O)C(CCSC)NC(=O)CN)C(=O)NC(C)C(=O)NCC(=O)NC(CCCCN)C(=O)NC(C(=O)NC(C)C(=O)NC(CCCCN)C(=O)NC(C(=O)NC(C)C(=O)NC(CC(C)C)C(=O)NC(CCCCN)C(=O)NC(C)C(=O)NC(CC(C)C)C(=O)O)C(C)C)C(C)CC. The summed E-state index contributed by atoms with van der Waals surface area (Å²) in [6.07, 6.45) is 5.87. The van der Waals surface area contributed by atoms with Crippen molar-refractivity contribution in [1.82, 2.24) is 106 Å². The first kappa shape index (κ1) is 126. The Morgan fingerprint density at radius 3 is 0.861 bits per heavy atom. The average molecular weight is 1970 g/mol. The van der Waals surface area contributed by atoms with Crippen LogP contribution >= 0.6 is 11.8 Å². The highest BCUT2D eigenvalue weighted by molar-refractivity contribution is 7.98. The van der Waals surface area contributed by atoms with Crippen LogP contribution in [-0.4, -0.2) is 308 Å². The second-order valence-electron chi connectivity index (χ2n) is 35.6. The number of aliphatic hydroxyl groups excluding tert-OH is 1. The molecule has 0 aliphatic heterocycles. The molecule has 0 spiro atoms. The van der Waals surface area contributed by atoms with Gasteiger partial charge in [-0.25, -0.2) is 4.79 Å². The van der Waals surface area contributed by atoms with Crippen LogP contribution in [0.1, 0.15) is 227 Å². The van der Waals surface area contributed by atoms with E-state index in [1.54, 1.807) is 75.5 Å². The van der Waals surface area contributed by atoms with Crippen LogP contribution in [-0.2, 0) is 101 Å². The largest absolute Gasteiger partial charge is 0.480 e. The second kappa shape index (κ2) is 68.1. The number of carbonyl (C=O) groups is 21. The third-order valence-corrected chi connectivity index (χ3v) is 22.9. The van der Waals surface area contributed by atoms with Crippen LogP contribution in [0.4, 0.5) is 0 Å². The van der Waals surface area contributed by atoms with Gasteiger partial charge in [0.2, 0.25) is 118 Å². The van der Waals surface area contributed by atoms with Crippen molar-refractivity contribution in [3.63, 3.8) is 0 Å². The monoisotopic (exact) mass is 1970 g/mol. The molecule has 0 aromatic carbocycles. The summed E-state index contributed by atoms with van der Waals surface area (Å²) in [5.41, 5.74) is 28.4. The minimum absolute atomic E-state index is 0.00111. The molecule has 0 radical (unpaired) electrons. The number of aliphatic carboxylic acids is 1. The van der Waals surface area contributed by atoms with E-state index in [9.17, 15) is 111 Å². The third-order valence-electron chi connectivity index (χ3n) is 22.2. The lowest BCUT2D eigenvalue weighted by Gasteiger charge is -2.29. The molecule has 0 saturated heterocycles. The van der Waals surface area contributed by atoms with Crippen molar-refractivity contribution in [2.24, 2.45) is 58.3 Å². The van der Waals surface area contributed by atoms with Crippen LogP contribution in [0, 0.1) is 29.6 Å². The minimum atomic E-state index is -1.63. The highest BCUT2D eigenvalue weighted by atomic mass is 32.2. The van der Waals surface area contributed by atoms with Gasteiger partial charge in [-0.3, -0.25) is 95.9 Å². The summed E-state index contributed by atoms with van der Waals surface area (Å²) in [4.78, 5) is 284. The van der Waals surface area contributed by atoms with Gasteiger partial charge in [0.25, 0.3) is 0 Å². The molecule has 0 aliphatic rings. The second-order valence-corrected chi connectivity index (χ2v) is 36.6. The number of unbranched alkanes of at least 4 members (excludes halogenated alkanes) is 4. The zero-order valence-corrected chi connectivity index (χ0v) is 83.7. The summed E-state index contributed by atoms with van der Waals surface area (Å²) in [6, 6.07) is -23.5. The van der Waals surface area contributed by atoms with E-state index in [4.69, 9.17) is 28.7 Å². The predicted molar refractivity (Wildman–Crippen MR) is 512 cm³/mol. The van der Waals surface area contributed by atoms with Gasteiger partial charge in [0.1, 0.15) is 109 Å². The summed E-state index contributed by atoms with van der Waals surface area (Å²) in [7, 11) is 0. The van der Waals surface area contributed by atoms with Crippen molar-refractivity contribution in [3.05, 3.63) is 0 Å². The Morgan fingerprint density at radius 2 is 0.526 bits per heavy atom. The standard InChI is InChI=1S/C88H161N25O23S/c1-19-48(9)69(112-77(124)52(13)96-66(116)42-94-71(118)50(11)97-78(125)59(31-23-27-36-91)107-84(131)64(44-114)110-76(123)54(15)99-80(127)61(33-38-137-18)103-65(115)41-93)86(133)100-51(12)72(119)95-43-67(117)104-57(29-21-25-34-89)81(128)113-70(49(10)20-2)87(134)102-55(16)73(120)105-60(32-24-28-37-92)82(129)111-68(47(7)8)85(132)101-56(17)74(121)108-62(39-45(3)4)83(130)106-58(30-22-26-35-90)79(126)98-53(14)75(122)109-63(88(135)136)40-46(5)6/h45-64,68-70,114H,19-44,89-93H2,1-18H3,(H,94,118)(H,95,119)(H,96,116)(H,97,125)(H,98,126)(H,99,127)(H,100,133)(H,101,132)(H,102,134)(H,103,115)(H,104,117)(H,105,120)(H,106,130)(H,107,131)(H,108,121)(H,109,122)(H,110,123)(H,111,129)(H,112,124)(H,113,128)(H,135,136). The first-order valence-electron chi connectivity index (χ1n) is 47.2. The first-order valence-corrected chi connectivity index (χ1v) is 48.6. The molecule has 0 rings (SSSR count). The van der Waals surface area contributed by atoms with E-state index in [0.717, 1.165) is 0 Å². The highest BCUT2D eigenvalue weighted by Gasteiger charge is 2.39. The Balaban J connectivity index is 6.22. The van der Waals surface area contributed by atoms with Gasteiger partial charge in [-0.2, -0.15) is 11.8 Å². The van der Waals surface area contributed by atoms with Gasteiger partial charge in [0.05, 0.1) is 26.2 Å². The maximum Gasteiger partial charge on any atom is 0.326 e. The van der Waals surface area contributed by atoms with Crippen molar-refractivity contribution >= 4 is 136 Å². The zero-order chi connectivity index (χ0) is 105. The van der Waals surface area contributed by atoms with Gasteiger partial charge in [0.15, 0.2) is 0 Å². The number of hydrogen-bond donors (Lipinski definition) is 27. The van der Waals surface area contributed by atoms with Gasteiger partial charge in [-0.1, -0.05) is 82.1 Å². The van der Waals surface area contributed by atoms with E-state index < -0.39 is 270 Å². The first-order chi connectivity index (χ1) is 64.4. The number of rotatable bonds is 70. The summed E-state index contributed by atoms with van der Waals surface area (Å²) < 4.78 is 0. The van der Waals surface area contributed by atoms with Crippen LogP contribution in [0.2, 0.25) is 0 Å². The lowest BCUT2D eigenvalue weighted by molar-refractivity contribution is -0.142. The number of thioether (sulfide) groups is 1. The Labute approximate surface area is 807 Å². The van der Waals surface area contributed by atoms with E-state index in [1.165, 1.54) is 60.2 Å². The number of nitrogens with two attached hydrogens (primary N) is 5. The quantitative estimate of drug-likeness (QED) is 0.0252. The van der Waals surface area contributed by atoms with Gasteiger partial charge in [-0.05, 0) is 213 Å². The van der Waals surface area contributed by atoms with Crippen LogP contribution in [0.3, 0.4) is 0 Å². The normalized spacial score (nSPS) is 15.6. The molecule has 0 saturated carbocycles. The minimum Gasteiger partial charge on any atom is -0.480 e. The van der Waals surface area contributed by atoms with Gasteiger partial charge in [0, 0.05) is 0 Å². The molecule has 0 fully saturated rings. The molecule has 0 aliphatic carbocycles. The van der Waals surface area contributed by atoms with Crippen molar-refractivity contribution < 1.29 is 111 Å². The summed E-state index contributed by atoms with van der Waals surface area (Å²) >= 11 is 1.41. The maximum absolute atomic E-state index is 14.3. The maximum atomic E-state index is 14.3. The fourth-order valence-corrected chi connectivity index (χ4v) is 13.8. The van der Waals surface area contributed by atoms with Crippen LogP contribution in [0.25, 0.3) is 0 Å². The zero-order valence-electron chi connectivity index (χ0n) is 82.9. The fourth-order valence-electron chi connectivity index (χ4n) is 13.3. The van der Waals surface area contributed by atoms with Crippen molar-refractivity contribution in [3.8, 4) is 0 Å². The molecule has 32 N–H and O–H groups in total. The lowest BCUT2D eigenvalue weighted by atomic mass is 9.97. The lowest BCUT2D eigenvalue weighted by Crippen LogP contribution is -2.61. The Hall–Kier alpha value is -11.0. The number of hydrogen-bond acceptors (Lipinski definition) is 28. The molecule has 137 heavy (non-hydrogen) atoms. The highest BCUT2D eigenvalue weighted by Crippen LogP contribution is 2.17. The summed E-state index contributed by atoms with van der Waals surface area (Å²) in [5, 5.41) is 70.3. The van der Waals surface area contributed by atoms with Gasteiger partial charge in [-0.15, -0.1) is 0 Å². The fraction of sp³-hybridized carbons (Fsp3) is 0.761. The molecular formula is C88H161N25O23S. The van der Waals surface area contributed by atoms with Gasteiger partial charge < -0.3 is 145 Å². The Bertz CT molecular complexity index is 3930. The molecule has 49 heteroatoms. The van der Waals surface area contributed by atoms with Crippen molar-refractivity contribution in [2.75, 3.05) is 64.4 Å². The van der Waals surface area contributed by atoms with Crippen LogP contribution in [0.5, 0.6) is 0 Å². The van der Waals surface area contributed by atoms with E-state index >= 15 is 0 Å². The number of aliphatic hydroxyl groups is 1.